The van der Waals surface area contributed by atoms with Gasteiger partial charge in [-0.15, -0.1) is 12.4 Å². The first-order valence-electron chi connectivity index (χ1n) is 5.40. The maximum Gasteiger partial charge on any atom is 0.162 e. The van der Waals surface area contributed by atoms with Gasteiger partial charge in [0.25, 0.3) is 0 Å². The quantitative estimate of drug-likeness (QED) is 0.765. The Bertz CT molecular complexity index is 440. The first kappa shape index (κ1) is 13.5. The number of Topliss-reactive ketones (excluding diaryl/α,β-unsaturated/α-hetero) is 1. The summed E-state index contributed by atoms with van der Waals surface area (Å²) in [5.41, 5.74) is 0.799. The van der Waals surface area contributed by atoms with Gasteiger partial charge in [0.05, 0.1) is 6.33 Å². The van der Waals surface area contributed by atoms with Gasteiger partial charge in [-0.05, 0) is 6.42 Å². The molecule has 2 rings (SSSR count). The third-order valence-corrected chi connectivity index (χ3v) is 2.48. The molecule has 0 bridgehead atoms. The number of benzene rings is 1. The van der Waals surface area contributed by atoms with Crippen molar-refractivity contribution in [1.82, 2.24) is 9.55 Å². The van der Waals surface area contributed by atoms with Crippen molar-refractivity contribution in [3.63, 3.8) is 0 Å². The molecule has 3 nitrogen and oxygen atoms in total. The molecule has 0 atom stereocenters. The molecule has 2 aromatic rings. The van der Waals surface area contributed by atoms with Crippen LogP contribution >= 0.6 is 12.4 Å². The number of rotatable bonds is 5. The van der Waals surface area contributed by atoms with Gasteiger partial charge in [-0.2, -0.15) is 0 Å². The highest BCUT2D eigenvalue weighted by Crippen LogP contribution is 2.05. The lowest BCUT2D eigenvalue weighted by Crippen LogP contribution is -2.02. The minimum absolute atomic E-state index is 0. The standard InChI is InChI=1S/C13H14N2O.ClH/c16-13(12-5-2-1-3-6-12)7-4-9-15-10-8-14-11-15;/h1-3,5-6,8,10-11H,4,7,9H2;1H. The zero-order valence-electron chi connectivity index (χ0n) is 9.45. The van der Waals surface area contributed by atoms with Crippen LogP contribution in [0.15, 0.2) is 49.1 Å². The topological polar surface area (TPSA) is 34.9 Å². The van der Waals surface area contributed by atoms with E-state index in [1.807, 2.05) is 41.1 Å². The number of carbonyl (C=O) groups excluding carboxylic acids is 1. The summed E-state index contributed by atoms with van der Waals surface area (Å²) in [7, 11) is 0. The highest BCUT2D eigenvalue weighted by atomic mass is 35.5. The van der Waals surface area contributed by atoms with E-state index in [0.717, 1.165) is 18.5 Å². The Morgan fingerprint density at radius 2 is 2.00 bits per heavy atom. The molecular formula is C13H15ClN2O. The first-order valence-corrected chi connectivity index (χ1v) is 5.40. The zero-order valence-corrected chi connectivity index (χ0v) is 10.3. The Morgan fingerprint density at radius 1 is 1.24 bits per heavy atom. The van der Waals surface area contributed by atoms with Crippen LogP contribution in [0.25, 0.3) is 0 Å². The second kappa shape index (κ2) is 6.86. The number of imidazole rings is 1. The monoisotopic (exact) mass is 250 g/mol. The molecule has 0 saturated carbocycles. The van der Waals surface area contributed by atoms with Crippen molar-refractivity contribution in [2.45, 2.75) is 19.4 Å². The fraction of sp³-hybridized carbons (Fsp3) is 0.231. The summed E-state index contributed by atoms with van der Waals surface area (Å²) in [6.45, 7) is 0.846. The molecule has 0 radical (unpaired) electrons. The summed E-state index contributed by atoms with van der Waals surface area (Å²) >= 11 is 0. The molecule has 0 fully saturated rings. The summed E-state index contributed by atoms with van der Waals surface area (Å²) < 4.78 is 1.98. The Kier molecular flexibility index (Phi) is 5.43. The second-order valence-corrected chi connectivity index (χ2v) is 3.69. The second-order valence-electron chi connectivity index (χ2n) is 3.69. The molecule has 90 valence electrons. The fourth-order valence-electron chi connectivity index (χ4n) is 1.61. The number of aromatic nitrogens is 2. The molecule has 0 aliphatic rings. The van der Waals surface area contributed by atoms with Crippen molar-refractivity contribution in [2.24, 2.45) is 0 Å². The van der Waals surface area contributed by atoms with Crippen LogP contribution in [0.4, 0.5) is 0 Å². The molecule has 1 heterocycles. The van der Waals surface area contributed by atoms with Crippen molar-refractivity contribution in [1.29, 1.82) is 0 Å². The van der Waals surface area contributed by atoms with Crippen LogP contribution in [0.5, 0.6) is 0 Å². The van der Waals surface area contributed by atoms with Crippen LogP contribution in [0.3, 0.4) is 0 Å². The van der Waals surface area contributed by atoms with E-state index in [0.29, 0.717) is 6.42 Å². The van der Waals surface area contributed by atoms with Gasteiger partial charge in [0.1, 0.15) is 0 Å². The van der Waals surface area contributed by atoms with Gasteiger partial charge in [-0.3, -0.25) is 4.79 Å². The summed E-state index contributed by atoms with van der Waals surface area (Å²) in [6.07, 6.45) is 6.87. The smallest absolute Gasteiger partial charge is 0.162 e. The fourth-order valence-corrected chi connectivity index (χ4v) is 1.61. The highest BCUT2D eigenvalue weighted by molar-refractivity contribution is 5.95. The SMILES string of the molecule is Cl.O=C(CCCn1ccnc1)c1ccccc1. The number of aryl methyl sites for hydroxylation is 1. The van der Waals surface area contributed by atoms with Crippen LogP contribution in [0.1, 0.15) is 23.2 Å². The normalized spacial score (nSPS) is 9.65. The Hall–Kier alpha value is -1.61. The van der Waals surface area contributed by atoms with Crippen molar-refractivity contribution in [3.05, 3.63) is 54.6 Å². The van der Waals surface area contributed by atoms with Gasteiger partial charge < -0.3 is 4.57 Å². The maximum absolute atomic E-state index is 11.7. The Balaban J connectivity index is 0.00000144. The van der Waals surface area contributed by atoms with E-state index in [-0.39, 0.29) is 18.2 Å². The number of carbonyl (C=O) groups is 1. The van der Waals surface area contributed by atoms with Crippen molar-refractivity contribution in [2.75, 3.05) is 0 Å². The van der Waals surface area contributed by atoms with Crippen LogP contribution in [-0.2, 0) is 6.54 Å². The molecule has 0 aliphatic heterocycles. The van der Waals surface area contributed by atoms with Gasteiger partial charge in [-0.1, -0.05) is 30.3 Å². The molecule has 4 heteroatoms. The van der Waals surface area contributed by atoms with E-state index in [1.54, 1.807) is 12.5 Å². The molecule has 0 aliphatic carbocycles. The molecule has 0 saturated heterocycles. The molecule has 1 aromatic heterocycles. The third-order valence-electron chi connectivity index (χ3n) is 2.48. The van der Waals surface area contributed by atoms with Gasteiger partial charge in [-0.25, -0.2) is 4.98 Å². The minimum atomic E-state index is 0. The van der Waals surface area contributed by atoms with Crippen LogP contribution in [0.2, 0.25) is 0 Å². The number of halogens is 1. The molecular weight excluding hydrogens is 236 g/mol. The number of ketones is 1. The number of nitrogens with zero attached hydrogens (tertiary/aromatic N) is 2. The third kappa shape index (κ3) is 4.04. The van der Waals surface area contributed by atoms with E-state index in [9.17, 15) is 4.79 Å². The minimum Gasteiger partial charge on any atom is -0.337 e. The summed E-state index contributed by atoms with van der Waals surface area (Å²) in [6, 6.07) is 9.42. The number of hydrogen-bond acceptors (Lipinski definition) is 2. The highest BCUT2D eigenvalue weighted by Gasteiger charge is 2.04. The van der Waals surface area contributed by atoms with Crippen molar-refractivity contribution < 1.29 is 4.79 Å². The number of hydrogen-bond donors (Lipinski definition) is 0. The van der Waals surface area contributed by atoms with E-state index >= 15 is 0 Å². The lowest BCUT2D eigenvalue weighted by atomic mass is 10.1. The van der Waals surface area contributed by atoms with Gasteiger partial charge in [0.2, 0.25) is 0 Å². The molecule has 0 N–H and O–H groups in total. The van der Waals surface area contributed by atoms with E-state index in [4.69, 9.17) is 0 Å². The Labute approximate surface area is 107 Å². The van der Waals surface area contributed by atoms with Gasteiger partial charge in [0, 0.05) is 30.9 Å². The predicted molar refractivity (Wildman–Crippen MR) is 69.5 cm³/mol. The lowest BCUT2D eigenvalue weighted by Gasteiger charge is -2.02. The van der Waals surface area contributed by atoms with E-state index < -0.39 is 0 Å². The van der Waals surface area contributed by atoms with Gasteiger partial charge in [0.15, 0.2) is 5.78 Å². The first-order chi connectivity index (χ1) is 7.86. The average molecular weight is 251 g/mol. The molecule has 0 amide bonds. The largest absolute Gasteiger partial charge is 0.337 e. The molecule has 17 heavy (non-hydrogen) atoms. The zero-order chi connectivity index (χ0) is 11.2. The van der Waals surface area contributed by atoms with Crippen molar-refractivity contribution >= 4 is 18.2 Å². The summed E-state index contributed by atoms with van der Waals surface area (Å²) in [5, 5.41) is 0. The predicted octanol–water partition coefficient (Wildman–Crippen LogP) is 2.97. The van der Waals surface area contributed by atoms with Crippen molar-refractivity contribution in [3.8, 4) is 0 Å². The molecule has 1 aromatic carbocycles. The molecule has 0 spiro atoms. The maximum atomic E-state index is 11.7. The van der Waals surface area contributed by atoms with Crippen LogP contribution in [-0.4, -0.2) is 15.3 Å². The van der Waals surface area contributed by atoms with E-state index in [1.165, 1.54) is 0 Å². The van der Waals surface area contributed by atoms with Crippen LogP contribution < -0.4 is 0 Å². The molecule has 0 unspecified atom stereocenters. The average Bonchev–Trinajstić information content (AvgIpc) is 2.83. The lowest BCUT2D eigenvalue weighted by molar-refractivity contribution is 0.0978. The Morgan fingerprint density at radius 3 is 2.65 bits per heavy atom. The van der Waals surface area contributed by atoms with Crippen LogP contribution in [0, 0.1) is 0 Å². The summed E-state index contributed by atoms with van der Waals surface area (Å²) in [5.74, 6) is 0.209. The van der Waals surface area contributed by atoms with E-state index in [2.05, 4.69) is 4.98 Å². The summed E-state index contributed by atoms with van der Waals surface area (Å²) in [4.78, 5) is 15.7. The van der Waals surface area contributed by atoms with Gasteiger partial charge >= 0.3 is 0 Å².